The van der Waals surface area contributed by atoms with Gasteiger partial charge in [0.25, 0.3) is 0 Å². The molecule has 20 aromatic rings. The molecule has 0 aliphatic heterocycles. The Morgan fingerprint density at radius 1 is 0.266 bits per heavy atom. The Kier molecular flexibility index (Phi) is 15.4. The zero-order valence-electron chi connectivity index (χ0n) is 98.8. The number of aromatic nitrogens is 10. The Labute approximate surface area is 762 Å². The Hall–Kier alpha value is -13.4. The van der Waals surface area contributed by atoms with Crippen LogP contribution in [0, 0.1) is 124 Å². The first kappa shape index (κ1) is 57.8. The molecule has 20 rings (SSSR count). The van der Waals surface area contributed by atoms with Crippen LogP contribution in [0.3, 0.4) is 0 Å². The van der Waals surface area contributed by atoms with Gasteiger partial charge >= 0.3 is 0 Å². The van der Waals surface area contributed by atoms with E-state index in [2.05, 4.69) is 37.1 Å². The van der Waals surface area contributed by atoms with Gasteiger partial charge in [0, 0.05) is 177 Å². The molecule has 5 aromatic carbocycles. The van der Waals surface area contributed by atoms with Crippen molar-refractivity contribution in [2.45, 2.75) is 164 Å². The SMILES string of the molecule is [2H]C([2H])([2H])C([2H])(C)c1cc[n+](C)c(-c2c(C)ccc3c2oc2nc(C)ccc23)c1.[2H]C([2H])([2H])c1c[n+](C)c(-c2c(C)cc(C([2H])([2H])[2H])c3c2oc2nc(C)ccc23)cc1C.[2H]C([2H])([2H])c1c[n+](C)c(-c2c(C)ccc3c2oc2nc(C)ccc23)cc1C.[2H]C([2H])([2H])c1cc(C)c(-c2cc(C([2H])(C)C([2H])([2H])[2H])cc[n+]2C)c2oc3nc(C)ccc3c12.[2H]C([2H])([2H])c1ccc(-c2c(C)cc(C([2H])([2H])[2H])c3c2oc2nc(C)ccc23)[n+](C)c1. The van der Waals surface area contributed by atoms with E-state index in [-0.39, 0.29) is 27.8 Å². The van der Waals surface area contributed by atoms with Crippen molar-refractivity contribution in [2.75, 3.05) is 0 Å². The van der Waals surface area contributed by atoms with Crippen molar-refractivity contribution in [3.63, 3.8) is 0 Å². The summed E-state index contributed by atoms with van der Waals surface area (Å²) in [5.41, 5.74) is 24.6. The summed E-state index contributed by atoms with van der Waals surface area (Å²) >= 11 is 0. The zero-order valence-corrected chi connectivity index (χ0v) is 72.8. The molecule has 2 unspecified atom stereocenters. The van der Waals surface area contributed by atoms with Gasteiger partial charge in [-0.05, 0) is 269 Å². The molecule has 15 heterocycles. The molecule has 124 heavy (non-hydrogen) atoms. The summed E-state index contributed by atoms with van der Waals surface area (Å²) < 4.78 is 246. The Morgan fingerprint density at radius 2 is 0.573 bits per heavy atom. The molecule has 2 atom stereocenters. The Morgan fingerprint density at radius 3 is 0.911 bits per heavy atom. The summed E-state index contributed by atoms with van der Waals surface area (Å²) in [6.07, 6.45) is 8.37. The molecule has 0 spiro atoms. The topological polar surface area (TPSA) is 150 Å². The van der Waals surface area contributed by atoms with Gasteiger partial charge in [-0.2, -0.15) is 0 Å². The second kappa shape index (κ2) is 33.1. The van der Waals surface area contributed by atoms with E-state index in [0.29, 0.717) is 128 Å². The third-order valence-electron chi connectivity index (χ3n) is 23.1. The summed E-state index contributed by atoms with van der Waals surface area (Å²) in [5.74, 6) is -3.54. The third-order valence-corrected chi connectivity index (χ3v) is 23.1. The van der Waals surface area contributed by atoms with Crippen LogP contribution in [-0.2, 0) is 35.2 Å². The standard InChI is InChI=1S/C23H25N2O.2C22H23N2O.2C21H21N2O/c1-13(2)17-9-10-25(6)19(12-17)21-15(4)11-14(3)20-18-8-7-16(5)24-23(18)26-22(20)21;1-12-10-18(24(6)11-15(12)4)20-14(3)9-13(2)19-17-8-7-16(5)23-22(17)25-21(19)20;1-13(2)16-10-11-24(5)19(12-16)20-14(3)6-8-17-18-9-7-15(4)23-22(18)25-21(17)20;1-12-6-9-17(23(5)11-12)19-14(3)10-13(2)18-16-8-7-15(4)22-21(16)24-20(18)19;1-12-6-8-16-17-9-7-15(4)22-21(17)24-20(16)19(12)18-10-13(2)14(3)11-23(18)5/h7-13H,1-6H3;7-11H,1-6H3;6-13H,1-5H3;2*6-11H,1-5H3/q5*+1/i1D3,3D3,13D;2D3,4D3;1D3,13D;1D3,2D3;3D3. The fourth-order valence-corrected chi connectivity index (χ4v) is 16.5. The Bertz CT molecular complexity index is 8870. The minimum Gasteiger partial charge on any atom is -0.437 e. The average Bonchev–Trinajstić information content (AvgIpc) is 1.57. The van der Waals surface area contributed by atoms with E-state index in [4.69, 9.17) is 57.7 Å². The van der Waals surface area contributed by atoms with E-state index in [1.807, 2.05) is 189 Å². The highest BCUT2D eigenvalue weighted by Gasteiger charge is 2.30. The van der Waals surface area contributed by atoms with Crippen LogP contribution >= 0.6 is 0 Å². The van der Waals surface area contributed by atoms with Crippen LogP contribution in [0.5, 0.6) is 0 Å². The van der Waals surface area contributed by atoms with Crippen LogP contribution < -0.4 is 22.8 Å². The van der Waals surface area contributed by atoms with Crippen molar-refractivity contribution in [3.05, 3.63) is 295 Å². The number of aryl methyl sites for hydroxylation is 23. The molecule has 0 aliphatic carbocycles. The number of furan rings is 5. The first-order valence-corrected chi connectivity index (χ1v) is 40.6. The van der Waals surface area contributed by atoms with Crippen LogP contribution in [0.15, 0.2) is 205 Å². The van der Waals surface area contributed by atoms with Crippen molar-refractivity contribution >= 4 is 110 Å². The highest BCUT2D eigenvalue weighted by Crippen LogP contribution is 2.45. The van der Waals surface area contributed by atoms with Crippen LogP contribution in [0.2, 0.25) is 0 Å². The van der Waals surface area contributed by atoms with Crippen molar-refractivity contribution in [1.29, 1.82) is 0 Å². The van der Waals surface area contributed by atoms with Crippen molar-refractivity contribution < 1.29 is 80.6 Å². The molecule has 624 valence electrons. The van der Waals surface area contributed by atoms with E-state index in [0.717, 1.165) is 123 Å². The van der Waals surface area contributed by atoms with E-state index in [1.54, 1.807) is 123 Å². The van der Waals surface area contributed by atoms with Crippen molar-refractivity contribution in [3.8, 4) is 56.3 Å². The lowest BCUT2D eigenvalue weighted by molar-refractivity contribution is -0.660. The predicted molar refractivity (Wildman–Crippen MR) is 504 cm³/mol. The molecule has 0 N–H and O–H groups in total. The van der Waals surface area contributed by atoms with Crippen LogP contribution in [0.1, 0.15) is 187 Å². The maximum absolute atomic E-state index is 8.51. The number of fused-ring (bicyclic) bond motifs is 15. The predicted octanol–water partition coefficient (Wildman–Crippen LogP) is 25.2. The van der Waals surface area contributed by atoms with Gasteiger partial charge in [-0.1, -0.05) is 70.0 Å². The normalized spacial score (nSPS) is 16.5. The first-order chi connectivity index (χ1) is 69.5. The van der Waals surface area contributed by atoms with Gasteiger partial charge in [-0.25, -0.2) is 47.8 Å². The van der Waals surface area contributed by atoms with Gasteiger partial charge in [0.2, 0.25) is 57.0 Å². The first-order valence-electron chi connectivity index (χ1n) is 53.6. The number of benzene rings is 5. The smallest absolute Gasteiger partial charge is 0.227 e. The lowest BCUT2D eigenvalue weighted by Crippen LogP contribution is -2.31. The quantitative estimate of drug-likeness (QED) is 0.141. The van der Waals surface area contributed by atoms with Gasteiger partial charge in [0.05, 0.1) is 27.8 Å². The molecular weight excluding hydrogens is 1530 g/mol. The number of hydrogen-bond donors (Lipinski definition) is 0. The van der Waals surface area contributed by atoms with Gasteiger partial charge in [-0.15, -0.1) is 0 Å². The number of rotatable bonds is 7. The van der Waals surface area contributed by atoms with Crippen LogP contribution in [0.4, 0.5) is 0 Å². The molecule has 0 bridgehead atoms. The summed E-state index contributed by atoms with van der Waals surface area (Å²) in [6, 6.07) is 45.9. The molecule has 15 heteroatoms. The molecule has 0 saturated carbocycles. The molecule has 0 radical (unpaired) electrons. The highest BCUT2D eigenvalue weighted by molar-refractivity contribution is 6.14. The zero-order chi connectivity index (χ0) is 110. The van der Waals surface area contributed by atoms with Crippen molar-refractivity contribution in [2.24, 2.45) is 35.2 Å². The van der Waals surface area contributed by atoms with Crippen LogP contribution in [0.25, 0.3) is 167 Å². The number of nitrogens with zero attached hydrogens (tertiary/aromatic N) is 10. The average molecular weight is 1670 g/mol. The molecular formula is C109H113N10O5+5. The maximum atomic E-state index is 8.51. The highest BCUT2D eigenvalue weighted by atomic mass is 16.4. The minimum atomic E-state index is -2.53. The van der Waals surface area contributed by atoms with Gasteiger partial charge < -0.3 is 22.1 Å². The second-order valence-electron chi connectivity index (χ2n) is 32.5. The van der Waals surface area contributed by atoms with Gasteiger partial charge in [-0.3, -0.25) is 0 Å². The van der Waals surface area contributed by atoms with Crippen LogP contribution in [-0.4, -0.2) is 24.9 Å². The maximum Gasteiger partial charge on any atom is 0.227 e. The summed E-state index contributed by atoms with van der Waals surface area (Å²) in [4.78, 5) is 22.4. The van der Waals surface area contributed by atoms with Gasteiger partial charge in [0.1, 0.15) is 35.2 Å². The fraction of sp³-hybridized carbons (Fsp3) is 0.266. The molecule has 0 aliphatic rings. The summed E-state index contributed by atoms with van der Waals surface area (Å²) in [7, 11) is 9.12. The minimum absolute atomic E-state index is 0.176. The monoisotopic (exact) mass is 1670 g/mol. The second-order valence-corrected chi connectivity index (χ2v) is 32.5. The largest absolute Gasteiger partial charge is 0.437 e. The Balaban J connectivity index is 0.000000134. The lowest BCUT2D eigenvalue weighted by Gasteiger charge is -2.10. The van der Waals surface area contributed by atoms with E-state index in [9.17, 15) is 0 Å². The molecule has 0 amide bonds. The summed E-state index contributed by atoms with van der Waals surface area (Å²) in [5, 5.41) is 7.28. The van der Waals surface area contributed by atoms with E-state index < -0.39 is 66.6 Å². The van der Waals surface area contributed by atoms with Gasteiger partial charge in [0.15, 0.2) is 58.9 Å². The lowest BCUT2D eigenvalue weighted by atomic mass is 9.95. The fourth-order valence-electron chi connectivity index (χ4n) is 16.5. The molecule has 15 aromatic heterocycles. The third kappa shape index (κ3) is 15.5. The van der Waals surface area contributed by atoms with E-state index in [1.165, 1.54) is 13.8 Å². The number of hydrogen-bond acceptors (Lipinski definition) is 10. The summed E-state index contributed by atoms with van der Waals surface area (Å²) in [6.45, 7) is 6.72. The molecule has 0 saturated heterocycles. The van der Waals surface area contributed by atoms with Crippen molar-refractivity contribution in [1.82, 2.24) is 24.9 Å². The molecule has 0 fully saturated rings. The number of pyridine rings is 10. The molecule has 15 nitrogen and oxygen atoms in total. The van der Waals surface area contributed by atoms with E-state index >= 15 is 0 Å².